The first-order valence-electron chi connectivity index (χ1n) is 2.70. The number of carboxylic acid groups (broad SMARTS) is 1. The molecule has 0 aromatic heterocycles. The smallest absolute Gasteiger partial charge is 0.540 e. The van der Waals surface area contributed by atoms with Gasteiger partial charge in [-0.15, -0.1) is 0 Å². The van der Waals surface area contributed by atoms with Crippen LogP contribution in [-0.2, 0) is 9.59 Å². The third-order valence-electron chi connectivity index (χ3n) is 0.872. The molecule has 5 nitrogen and oxygen atoms in total. The van der Waals surface area contributed by atoms with Gasteiger partial charge in [-0.05, 0) is 13.8 Å². The first-order valence-corrected chi connectivity index (χ1v) is 2.70. The van der Waals surface area contributed by atoms with Crippen LogP contribution < -0.4 is 56.5 Å². The maximum atomic E-state index is 10.3. The topological polar surface area (TPSA) is 80.7 Å². The van der Waals surface area contributed by atoms with Gasteiger partial charge >= 0.3 is 51.4 Å². The molecular formula is C5H8KNO4. The summed E-state index contributed by atoms with van der Waals surface area (Å²) in [6.07, 6.45) is 0. The first-order chi connectivity index (χ1) is 4.46. The Bertz CT molecular complexity index is 159. The molecule has 1 amide bonds. The van der Waals surface area contributed by atoms with Crippen molar-refractivity contribution in [1.29, 1.82) is 0 Å². The molecule has 0 aliphatic rings. The van der Waals surface area contributed by atoms with E-state index in [9.17, 15) is 14.7 Å². The van der Waals surface area contributed by atoms with Crippen molar-refractivity contribution < 1.29 is 71.3 Å². The number of amides is 1. The Morgan fingerprint density at radius 1 is 1.45 bits per heavy atom. The Hall–Kier alpha value is 0.536. The molecule has 0 heterocycles. The van der Waals surface area contributed by atoms with E-state index in [-0.39, 0.29) is 56.4 Å². The minimum Gasteiger partial charge on any atom is -0.540 e. The molecule has 0 fully saturated rings. The molecule has 0 saturated heterocycles. The fourth-order valence-corrected chi connectivity index (χ4v) is 0.328. The van der Waals surface area contributed by atoms with E-state index in [1.54, 1.807) is 0 Å². The van der Waals surface area contributed by atoms with E-state index < -0.39 is 17.9 Å². The second kappa shape index (κ2) is 6.10. The van der Waals surface area contributed by atoms with Crippen LogP contribution in [0.2, 0.25) is 0 Å². The van der Waals surface area contributed by atoms with Gasteiger partial charge in [0.25, 0.3) is 5.91 Å². The molecule has 0 spiro atoms. The molecule has 0 aromatic carbocycles. The van der Waals surface area contributed by atoms with E-state index in [0.29, 0.717) is 0 Å². The Morgan fingerprint density at radius 2 is 1.82 bits per heavy atom. The summed E-state index contributed by atoms with van der Waals surface area (Å²) in [4.78, 5) is 20.1. The van der Waals surface area contributed by atoms with E-state index >= 15 is 0 Å². The summed E-state index contributed by atoms with van der Waals surface area (Å²) in [5, 5.41) is 18.5. The van der Waals surface area contributed by atoms with Crippen LogP contribution in [0.4, 0.5) is 0 Å². The number of aliphatic carboxylic acids is 1. The fourth-order valence-electron chi connectivity index (χ4n) is 0.328. The van der Waals surface area contributed by atoms with Crippen molar-refractivity contribution in [1.82, 2.24) is 5.06 Å². The molecule has 0 saturated carbocycles. The van der Waals surface area contributed by atoms with Crippen molar-refractivity contribution in [3.05, 3.63) is 0 Å². The summed E-state index contributed by atoms with van der Waals surface area (Å²) in [5.74, 6) is -3.33. The average molecular weight is 185 g/mol. The van der Waals surface area contributed by atoms with Crippen molar-refractivity contribution in [2.45, 2.75) is 19.9 Å². The van der Waals surface area contributed by atoms with Crippen LogP contribution in [0.3, 0.4) is 0 Å². The number of hydrogen-bond acceptors (Lipinski definition) is 4. The second-order valence-electron chi connectivity index (χ2n) is 2.03. The maximum absolute atomic E-state index is 10.3. The zero-order chi connectivity index (χ0) is 8.31. The predicted molar refractivity (Wildman–Crippen MR) is 28.8 cm³/mol. The predicted octanol–water partition coefficient (Wildman–Crippen LogP) is -4.63. The fraction of sp³-hybridized carbons (Fsp3) is 0.600. The summed E-state index contributed by atoms with van der Waals surface area (Å²) in [6, 6.07) is -0.551. The molecule has 0 atom stereocenters. The van der Waals surface area contributed by atoms with Gasteiger partial charge in [0.15, 0.2) is 0 Å². The Balaban J connectivity index is 0. The molecule has 6 heteroatoms. The Labute approximate surface area is 107 Å². The van der Waals surface area contributed by atoms with Crippen LogP contribution in [0.15, 0.2) is 0 Å². The van der Waals surface area contributed by atoms with Gasteiger partial charge in [-0.25, -0.2) is 5.06 Å². The van der Waals surface area contributed by atoms with Crippen LogP contribution in [0.5, 0.6) is 0 Å². The van der Waals surface area contributed by atoms with Gasteiger partial charge in [-0.1, -0.05) is 0 Å². The summed E-state index contributed by atoms with van der Waals surface area (Å²) >= 11 is 0. The van der Waals surface area contributed by atoms with Crippen LogP contribution in [0, 0.1) is 0 Å². The van der Waals surface area contributed by atoms with Gasteiger partial charge in [-0.3, -0.25) is 10.0 Å². The van der Waals surface area contributed by atoms with Gasteiger partial charge < -0.3 is 9.90 Å². The summed E-state index contributed by atoms with van der Waals surface area (Å²) in [7, 11) is 0. The zero-order valence-corrected chi connectivity index (χ0v) is 9.82. The van der Waals surface area contributed by atoms with Gasteiger partial charge in [0.05, 0.1) is 6.04 Å². The molecule has 58 valence electrons. The zero-order valence-electron chi connectivity index (χ0n) is 6.70. The molecule has 0 aromatic rings. The van der Waals surface area contributed by atoms with Gasteiger partial charge in [0.2, 0.25) is 0 Å². The quantitative estimate of drug-likeness (QED) is 0.193. The van der Waals surface area contributed by atoms with Crippen molar-refractivity contribution in [3.63, 3.8) is 0 Å². The van der Waals surface area contributed by atoms with E-state index in [4.69, 9.17) is 5.21 Å². The molecule has 0 unspecified atom stereocenters. The number of carbonyl (C=O) groups is 2. The molecule has 0 aliphatic carbocycles. The summed E-state index contributed by atoms with van der Waals surface area (Å²) < 4.78 is 0. The minimum atomic E-state index is -1.91. The van der Waals surface area contributed by atoms with Crippen LogP contribution in [0.1, 0.15) is 13.8 Å². The Morgan fingerprint density at radius 3 is 1.91 bits per heavy atom. The largest absolute Gasteiger partial charge is 1.00 e. The van der Waals surface area contributed by atoms with Crippen LogP contribution in [0.25, 0.3) is 0 Å². The normalized spacial score (nSPS) is 8.73. The maximum Gasteiger partial charge on any atom is 1.00 e. The molecule has 11 heavy (non-hydrogen) atoms. The monoisotopic (exact) mass is 185 g/mol. The molecule has 0 bridgehead atoms. The number of carboxylic acids is 1. The number of hydroxylamine groups is 2. The van der Waals surface area contributed by atoms with E-state index in [1.165, 1.54) is 13.8 Å². The number of nitrogens with zero attached hydrogens (tertiary/aromatic N) is 1. The van der Waals surface area contributed by atoms with Crippen molar-refractivity contribution >= 4 is 11.9 Å². The molecule has 0 rings (SSSR count). The van der Waals surface area contributed by atoms with E-state index in [1.807, 2.05) is 0 Å². The first kappa shape index (κ1) is 14.1. The average Bonchev–Trinajstić information content (AvgIpc) is 1.84. The second-order valence-corrected chi connectivity index (χ2v) is 2.03. The third kappa shape index (κ3) is 4.89. The van der Waals surface area contributed by atoms with Crippen LogP contribution in [-0.4, -0.2) is 28.2 Å². The third-order valence-corrected chi connectivity index (χ3v) is 0.872. The van der Waals surface area contributed by atoms with Crippen molar-refractivity contribution in [2.24, 2.45) is 0 Å². The van der Waals surface area contributed by atoms with Gasteiger partial charge in [0, 0.05) is 0 Å². The Kier molecular flexibility index (Phi) is 7.81. The number of carbonyl (C=O) groups excluding carboxylic acids is 2. The van der Waals surface area contributed by atoms with Gasteiger partial charge in [-0.2, -0.15) is 0 Å². The van der Waals surface area contributed by atoms with Crippen molar-refractivity contribution in [3.8, 4) is 0 Å². The molecule has 1 N–H and O–H groups in total. The standard InChI is InChI=1S/C5H9NO4.K/c1-3(2)6(10)4(7)5(8)9;/h3,10H,1-2H3,(H,8,9);/q;+1/p-1. The molecular weight excluding hydrogens is 177 g/mol. The van der Waals surface area contributed by atoms with Crippen LogP contribution >= 0.6 is 0 Å². The van der Waals surface area contributed by atoms with E-state index in [0.717, 1.165) is 0 Å². The number of rotatable bonds is 1. The summed E-state index contributed by atoms with van der Waals surface area (Å²) in [6.45, 7) is 2.95. The summed E-state index contributed by atoms with van der Waals surface area (Å²) in [5.41, 5.74) is 0. The van der Waals surface area contributed by atoms with Gasteiger partial charge in [0.1, 0.15) is 5.97 Å². The molecule has 0 aliphatic heterocycles. The van der Waals surface area contributed by atoms with E-state index in [2.05, 4.69) is 0 Å². The SMILES string of the molecule is CC(C)N(O)C(=O)C(=O)[O-].[K+]. The molecule has 0 radical (unpaired) electrons. The minimum absolute atomic E-state index is 0. The number of hydrogen-bond donors (Lipinski definition) is 1. The van der Waals surface area contributed by atoms with Crippen molar-refractivity contribution in [2.75, 3.05) is 0 Å².